The van der Waals surface area contributed by atoms with Gasteiger partial charge in [0.1, 0.15) is 5.75 Å². The van der Waals surface area contributed by atoms with Gasteiger partial charge in [0.05, 0.1) is 12.3 Å². The van der Waals surface area contributed by atoms with E-state index in [4.69, 9.17) is 4.74 Å². The molecule has 6 nitrogen and oxygen atoms in total. The second-order valence-electron chi connectivity index (χ2n) is 6.55. The number of halogens is 5. The van der Waals surface area contributed by atoms with Gasteiger partial charge in [-0.05, 0) is 62.1 Å². The Balaban J connectivity index is 1.58. The monoisotopic (exact) mass is 428 g/mol. The fourth-order valence-corrected chi connectivity index (χ4v) is 2.87. The molecule has 0 amide bonds. The maximum absolute atomic E-state index is 12.7. The third-order valence-corrected chi connectivity index (χ3v) is 4.21. The summed E-state index contributed by atoms with van der Waals surface area (Å²) in [5.41, 5.74) is 1.43. The molecule has 30 heavy (non-hydrogen) atoms. The molecule has 0 saturated heterocycles. The lowest BCUT2D eigenvalue weighted by atomic mass is 10.0. The number of benzene rings is 1. The van der Waals surface area contributed by atoms with Crippen LogP contribution in [0.4, 0.5) is 22.0 Å². The molecule has 11 heteroatoms. The van der Waals surface area contributed by atoms with Crippen LogP contribution < -0.4 is 4.74 Å². The molecular weight excluding hydrogens is 411 g/mol. The van der Waals surface area contributed by atoms with Gasteiger partial charge >= 0.3 is 12.6 Å². The van der Waals surface area contributed by atoms with Gasteiger partial charge in [-0.1, -0.05) is 5.16 Å². The summed E-state index contributed by atoms with van der Waals surface area (Å²) in [5, 5.41) is 10.4. The number of nitrogens with zero attached hydrogens (tertiary/aromatic N) is 4. The number of hydrogen-bond acceptors (Lipinski definition) is 6. The van der Waals surface area contributed by atoms with Crippen LogP contribution in [0.15, 0.2) is 28.8 Å². The molecule has 3 aromatic rings. The van der Waals surface area contributed by atoms with Crippen LogP contribution in [0.25, 0.3) is 11.4 Å². The lowest BCUT2D eigenvalue weighted by Crippen LogP contribution is -2.10. The highest BCUT2D eigenvalue weighted by Crippen LogP contribution is 2.31. The minimum atomic E-state index is -4.51. The molecule has 0 aliphatic rings. The minimum absolute atomic E-state index is 0.0766. The van der Waals surface area contributed by atoms with Gasteiger partial charge in [-0.2, -0.15) is 32.0 Å². The Hall–Kier alpha value is -3.11. The third kappa shape index (κ3) is 5.08. The Morgan fingerprint density at radius 2 is 1.77 bits per heavy atom. The number of aromatic nitrogens is 4. The summed E-state index contributed by atoms with van der Waals surface area (Å²) in [6.07, 6.45) is -6.44. The van der Waals surface area contributed by atoms with Crippen molar-refractivity contribution in [2.75, 3.05) is 6.61 Å². The summed E-state index contributed by atoms with van der Waals surface area (Å²) >= 11 is 0. The summed E-state index contributed by atoms with van der Waals surface area (Å²) in [5.74, 6) is -0.104. The summed E-state index contributed by atoms with van der Waals surface area (Å²) in [6.45, 7) is 3.84. The van der Waals surface area contributed by atoms with Crippen LogP contribution in [0.3, 0.4) is 0 Å². The van der Waals surface area contributed by atoms with E-state index in [0.717, 1.165) is 17.2 Å². The molecule has 3 rings (SSSR count). The molecule has 0 spiro atoms. The van der Waals surface area contributed by atoms with Gasteiger partial charge in [0, 0.05) is 5.56 Å². The average molecular weight is 428 g/mol. The van der Waals surface area contributed by atoms with Crippen LogP contribution in [-0.2, 0) is 12.6 Å². The lowest BCUT2D eigenvalue weighted by Gasteiger charge is -2.11. The van der Waals surface area contributed by atoms with Crippen molar-refractivity contribution < 1.29 is 31.2 Å². The number of alkyl halides is 5. The van der Waals surface area contributed by atoms with Crippen molar-refractivity contribution in [3.05, 3.63) is 52.7 Å². The molecule has 160 valence electrons. The van der Waals surface area contributed by atoms with Crippen molar-refractivity contribution in [3.63, 3.8) is 0 Å². The van der Waals surface area contributed by atoms with E-state index in [0.29, 0.717) is 36.5 Å². The lowest BCUT2D eigenvalue weighted by molar-refractivity contribution is -0.141. The molecule has 2 heterocycles. The Morgan fingerprint density at radius 3 is 2.30 bits per heavy atom. The number of aryl methyl sites for hydroxylation is 3. The first kappa shape index (κ1) is 21.6. The molecule has 0 saturated carbocycles. The van der Waals surface area contributed by atoms with Crippen LogP contribution >= 0.6 is 0 Å². The predicted octanol–water partition coefficient (Wildman–Crippen LogP) is 5.11. The van der Waals surface area contributed by atoms with Crippen LogP contribution in [0.5, 0.6) is 5.75 Å². The van der Waals surface area contributed by atoms with E-state index in [2.05, 4.69) is 24.9 Å². The Labute approximate surface area is 168 Å². The normalized spacial score (nSPS) is 11.9. The summed E-state index contributed by atoms with van der Waals surface area (Å²) in [7, 11) is 0. The molecule has 1 aromatic carbocycles. The first-order chi connectivity index (χ1) is 14.1. The molecule has 0 aliphatic carbocycles. The summed E-state index contributed by atoms with van der Waals surface area (Å²) in [4.78, 5) is 3.71. The van der Waals surface area contributed by atoms with Crippen LogP contribution in [0, 0.1) is 13.8 Å². The van der Waals surface area contributed by atoms with E-state index < -0.39 is 24.2 Å². The van der Waals surface area contributed by atoms with Gasteiger partial charge in [0.25, 0.3) is 5.89 Å². The van der Waals surface area contributed by atoms with E-state index in [1.807, 2.05) is 0 Å². The molecule has 0 unspecified atom stereocenters. The molecule has 0 atom stereocenters. The maximum Gasteiger partial charge on any atom is 0.435 e. The largest absolute Gasteiger partial charge is 0.494 e. The highest BCUT2D eigenvalue weighted by molar-refractivity contribution is 5.65. The average Bonchev–Trinajstić information content (AvgIpc) is 3.14. The fraction of sp³-hybridized carbons (Fsp3) is 0.368. The van der Waals surface area contributed by atoms with Gasteiger partial charge in [-0.15, -0.1) is 5.10 Å². The van der Waals surface area contributed by atoms with Crippen molar-refractivity contribution in [1.82, 2.24) is 20.3 Å². The SMILES string of the molecule is Cc1cc(OCCCc2ccc(C(F)(F)F)nn2)cc(C)c1-c1noc(C(F)F)n1. The van der Waals surface area contributed by atoms with Crippen LogP contribution in [-0.4, -0.2) is 26.9 Å². The molecule has 0 aliphatic heterocycles. The zero-order valence-corrected chi connectivity index (χ0v) is 16.0. The quantitative estimate of drug-likeness (QED) is 0.385. The van der Waals surface area contributed by atoms with Crippen molar-refractivity contribution in [3.8, 4) is 17.1 Å². The smallest absolute Gasteiger partial charge is 0.435 e. The Morgan fingerprint density at radius 1 is 1.07 bits per heavy atom. The van der Waals surface area contributed by atoms with Crippen molar-refractivity contribution >= 4 is 0 Å². The standard InChI is InChI=1S/C19H17F5N4O2/c1-10-8-13(9-11(2)15(10)17-25-18(16(20)21)30-28-17)29-7-3-4-12-5-6-14(27-26-12)19(22,23)24/h5-6,8-9,16H,3-4,7H2,1-2H3. The van der Waals surface area contributed by atoms with Crippen LogP contribution in [0.1, 0.15) is 41.3 Å². The van der Waals surface area contributed by atoms with E-state index in [-0.39, 0.29) is 5.82 Å². The van der Waals surface area contributed by atoms with Crippen molar-refractivity contribution in [1.29, 1.82) is 0 Å². The topological polar surface area (TPSA) is 73.9 Å². The summed E-state index contributed by atoms with van der Waals surface area (Å²) < 4.78 is 73.0. The first-order valence-corrected chi connectivity index (χ1v) is 8.91. The highest BCUT2D eigenvalue weighted by Gasteiger charge is 2.32. The van der Waals surface area contributed by atoms with Crippen LogP contribution in [0.2, 0.25) is 0 Å². The predicted molar refractivity (Wildman–Crippen MR) is 95.0 cm³/mol. The second kappa shape index (κ2) is 8.72. The molecule has 2 aromatic heterocycles. The van der Waals surface area contributed by atoms with E-state index in [1.165, 1.54) is 6.07 Å². The number of ether oxygens (including phenoxy) is 1. The van der Waals surface area contributed by atoms with Gasteiger partial charge < -0.3 is 9.26 Å². The zero-order valence-electron chi connectivity index (χ0n) is 16.0. The van der Waals surface area contributed by atoms with E-state index in [9.17, 15) is 22.0 Å². The zero-order chi connectivity index (χ0) is 21.9. The van der Waals surface area contributed by atoms with Crippen molar-refractivity contribution in [2.45, 2.75) is 39.3 Å². The Kier molecular flexibility index (Phi) is 6.28. The summed E-state index contributed by atoms with van der Waals surface area (Å²) in [6, 6.07) is 5.63. The first-order valence-electron chi connectivity index (χ1n) is 8.91. The third-order valence-electron chi connectivity index (χ3n) is 4.21. The molecule has 0 bridgehead atoms. The van der Waals surface area contributed by atoms with Gasteiger partial charge in [0.2, 0.25) is 5.82 Å². The second-order valence-corrected chi connectivity index (χ2v) is 6.55. The molecule has 0 fully saturated rings. The number of hydrogen-bond donors (Lipinski definition) is 0. The minimum Gasteiger partial charge on any atom is -0.494 e. The molecular formula is C19H17F5N4O2. The van der Waals surface area contributed by atoms with Crippen molar-refractivity contribution in [2.24, 2.45) is 0 Å². The van der Waals surface area contributed by atoms with Gasteiger partial charge in [-0.25, -0.2) is 0 Å². The Bertz CT molecular complexity index is 980. The maximum atomic E-state index is 12.7. The molecule has 0 N–H and O–H groups in total. The molecule has 0 radical (unpaired) electrons. The van der Waals surface area contributed by atoms with Gasteiger partial charge in [0.15, 0.2) is 5.69 Å². The van der Waals surface area contributed by atoms with E-state index in [1.54, 1.807) is 26.0 Å². The van der Waals surface area contributed by atoms with E-state index >= 15 is 0 Å². The highest BCUT2D eigenvalue weighted by atomic mass is 19.4. The fourth-order valence-electron chi connectivity index (χ4n) is 2.87. The number of rotatable bonds is 7. The van der Waals surface area contributed by atoms with Gasteiger partial charge in [-0.3, -0.25) is 0 Å².